The Bertz CT molecular complexity index is 584. The summed E-state index contributed by atoms with van der Waals surface area (Å²) in [7, 11) is 0. The second-order valence-electron chi connectivity index (χ2n) is 4.49. The fourth-order valence-electron chi connectivity index (χ4n) is 1.90. The third kappa shape index (κ3) is 3.66. The zero-order valence-corrected chi connectivity index (χ0v) is 12.7. The maximum absolute atomic E-state index is 10.4. The highest BCUT2D eigenvalue weighted by Crippen LogP contribution is 2.31. The summed E-state index contributed by atoms with van der Waals surface area (Å²) >= 11 is 12.1. The average Bonchev–Trinajstić information content (AvgIpc) is 2.47. The van der Waals surface area contributed by atoms with Gasteiger partial charge in [0.15, 0.2) is 0 Å². The largest absolute Gasteiger partial charge is 0.494 e. The molecule has 0 heterocycles. The monoisotopic (exact) mass is 310 g/mol. The Kier molecular flexibility index (Phi) is 5.30. The van der Waals surface area contributed by atoms with Gasteiger partial charge in [-0.1, -0.05) is 42.3 Å². The zero-order chi connectivity index (χ0) is 14.5. The Morgan fingerprint density at radius 2 is 1.95 bits per heavy atom. The number of hydrogen-bond donors (Lipinski definition) is 1. The standard InChI is InChI=1S/C16H16Cl2O2/c1-2-8-20-13-5-3-4-11(9-13)16(19)14-10-12(17)6-7-15(14)18/h3-7,9-10,16,19H,2,8H2,1H3. The van der Waals surface area contributed by atoms with Gasteiger partial charge >= 0.3 is 0 Å². The lowest BCUT2D eigenvalue weighted by Crippen LogP contribution is -2.02. The van der Waals surface area contributed by atoms with E-state index in [2.05, 4.69) is 0 Å². The summed E-state index contributed by atoms with van der Waals surface area (Å²) < 4.78 is 5.57. The molecule has 2 aromatic rings. The summed E-state index contributed by atoms with van der Waals surface area (Å²) in [6.45, 7) is 2.70. The molecule has 1 N–H and O–H groups in total. The number of benzene rings is 2. The molecule has 20 heavy (non-hydrogen) atoms. The predicted molar refractivity (Wildman–Crippen MR) is 82.8 cm³/mol. The molecule has 0 radical (unpaired) electrons. The summed E-state index contributed by atoms with van der Waals surface area (Å²) in [5, 5.41) is 11.5. The zero-order valence-electron chi connectivity index (χ0n) is 11.1. The van der Waals surface area contributed by atoms with Gasteiger partial charge in [-0.2, -0.15) is 0 Å². The Morgan fingerprint density at radius 3 is 2.70 bits per heavy atom. The molecule has 0 aromatic heterocycles. The van der Waals surface area contributed by atoms with Crippen LogP contribution in [-0.2, 0) is 0 Å². The van der Waals surface area contributed by atoms with Crippen LogP contribution in [0, 0.1) is 0 Å². The number of aliphatic hydroxyl groups excluding tert-OH is 1. The van der Waals surface area contributed by atoms with Crippen molar-refractivity contribution in [3.8, 4) is 5.75 Å². The lowest BCUT2D eigenvalue weighted by Gasteiger charge is -2.15. The quantitative estimate of drug-likeness (QED) is 0.854. The van der Waals surface area contributed by atoms with E-state index < -0.39 is 6.10 Å². The van der Waals surface area contributed by atoms with Crippen LogP contribution in [0.15, 0.2) is 42.5 Å². The number of rotatable bonds is 5. The van der Waals surface area contributed by atoms with Crippen LogP contribution in [0.3, 0.4) is 0 Å². The molecule has 2 aromatic carbocycles. The Morgan fingerprint density at radius 1 is 1.15 bits per heavy atom. The average molecular weight is 311 g/mol. The van der Waals surface area contributed by atoms with E-state index in [4.69, 9.17) is 27.9 Å². The lowest BCUT2D eigenvalue weighted by molar-refractivity contribution is 0.219. The highest BCUT2D eigenvalue weighted by molar-refractivity contribution is 6.33. The summed E-state index contributed by atoms with van der Waals surface area (Å²) in [6, 6.07) is 12.4. The molecule has 2 rings (SSSR count). The highest BCUT2D eigenvalue weighted by atomic mass is 35.5. The predicted octanol–water partition coefficient (Wildman–Crippen LogP) is 4.86. The summed E-state index contributed by atoms with van der Waals surface area (Å²) in [6.07, 6.45) is 0.110. The van der Waals surface area contributed by atoms with Crippen molar-refractivity contribution in [3.63, 3.8) is 0 Å². The Hall–Kier alpha value is -1.22. The first-order valence-corrected chi connectivity index (χ1v) is 7.23. The minimum absolute atomic E-state index is 0.488. The molecule has 0 bridgehead atoms. The topological polar surface area (TPSA) is 29.5 Å². The van der Waals surface area contributed by atoms with E-state index in [1.807, 2.05) is 31.2 Å². The van der Waals surface area contributed by atoms with E-state index in [0.717, 1.165) is 17.7 Å². The lowest BCUT2D eigenvalue weighted by atomic mass is 10.0. The van der Waals surface area contributed by atoms with Crippen LogP contribution in [0.5, 0.6) is 5.75 Å². The highest BCUT2D eigenvalue weighted by Gasteiger charge is 2.15. The first-order valence-electron chi connectivity index (χ1n) is 6.47. The van der Waals surface area contributed by atoms with Crippen LogP contribution < -0.4 is 4.74 Å². The summed E-state index contributed by atoms with van der Waals surface area (Å²) in [4.78, 5) is 0. The van der Waals surface area contributed by atoms with Gasteiger partial charge in [0, 0.05) is 15.6 Å². The van der Waals surface area contributed by atoms with Gasteiger partial charge in [0.05, 0.1) is 6.61 Å². The fraction of sp³-hybridized carbons (Fsp3) is 0.250. The maximum Gasteiger partial charge on any atom is 0.119 e. The second kappa shape index (κ2) is 6.98. The fourth-order valence-corrected chi connectivity index (χ4v) is 2.30. The van der Waals surface area contributed by atoms with Gasteiger partial charge in [-0.15, -0.1) is 0 Å². The van der Waals surface area contributed by atoms with Gasteiger partial charge in [0.2, 0.25) is 0 Å². The Balaban J connectivity index is 2.28. The van der Waals surface area contributed by atoms with E-state index in [9.17, 15) is 5.11 Å². The smallest absolute Gasteiger partial charge is 0.119 e. The Labute approximate surface area is 128 Å². The molecule has 0 saturated heterocycles. The van der Waals surface area contributed by atoms with Crippen LogP contribution in [-0.4, -0.2) is 11.7 Å². The maximum atomic E-state index is 10.4. The van der Waals surface area contributed by atoms with Crippen molar-refractivity contribution < 1.29 is 9.84 Å². The van der Waals surface area contributed by atoms with E-state index in [-0.39, 0.29) is 0 Å². The van der Waals surface area contributed by atoms with Crippen molar-refractivity contribution in [1.29, 1.82) is 0 Å². The molecular weight excluding hydrogens is 295 g/mol. The van der Waals surface area contributed by atoms with Gasteiger partial charge in [-0.3, -0.25) is 0 Å². The molecule has 2 nitrogen and oxygen atoms in total. The van der Waals surface area contributed by atoms with Crippen molar-refractivity contribution in [3.05, 3.63) is 63.6 Å². The second-order valence-corrected chi connectivity index (χ2v) is 5.33. The molecule has 0 fully saturated rings. The summed E-state index contributed by atoms with van der Waals surface area (Å²) in [5.41, 5.74) is 1.31. The van der Waals surface area contributed by atoms with E-state index in [1.54, 1.807) is 18.2 Å². The third-order valence-corrected chi connectivity index (χ3v) is 3.48. The van der Waals surface area contributed by atoms with Crippen molar-refractivity contribution in [2.45, 2.75) is 19.4 Å². The number of hydrogen-bond acceptors (Lipinski definition) is 2. The van der Waals surface area contributed by atoms with Crippen molar-refractivity contribution in [2.24, 2.45) is 0 Å². The molecule has 0 amide bonds. The minimum atomic E-state index is -0.827. The van der Waals surface area contributed by atoms with Crippen LogP contribution in [0.25, 0.3) is 0 Å². The van der Waals surface area contributed by atoms with Crippen molar-refractivity contribution >= 4 is 23.2 Å². The molecule has 1 unspecified atom stereocenters. The van der Waals surface area contributed by atoms with Crippen LogP contribution >= 0.6 is 23.2 Å². The number of aliphatic hydroxyl groups is 1. The molecule has 106 valence electrons. The molecule has 4 heteroatoms. The molecule has 0 aliphatic rings. The van der Waals surface area contributed by atoms with Gasteiger partial charge < -0.3 is 9.84 Å². The normalized spacial score (nSPS) is 12.2. The van der Waals surface area contributed by atoms with E-state index in [0.29, 0.717) is 22.2 Å². The van der Waals surface area contributed by atoms with Gasteiger partial charge in [-0.05, 0) is 42.3 Å². The SMILES string of the molecule is CCCOc1cccc(C(O)c2cc(Cl)ccc2Cl)c1. The van der Waals surface area contributed by atoms with Crippen LogP contribution in [0.1, 0.15) is 30.6 Å². The van der Waals surface area contributed by atoms with Crippen molar-refractivity contribution in [2.75, 3.05) is 6.61 Å². The molecule has 0 aliphatic heterocycles. The summed E-state index contributed by atoms with van der Waals surface area (Å²) in [5.74, 6) is 0.738. The van der Waals surface area contributed by atoms with Gasteiger partial charge in [0.1, 0.15) is 11.9 Å². The third-order valence-electron chi connectivity index (χ3n) is 2.90. The van der Waals surface area contributed by atoms with Crippen molar-refractivity contribution in [1.82, 2.24) is 0 Å². The van der Waals surface area contributed by atoms with Crippen LogP contribution in [0.2, 0.25) is 10.0 Å². The van der Waals surface area contributed by atoms with E-state index in [1.165, 1.54) is 0 Å². The van der Waals surface area contributed by atoms with Gasteiger partial charge in [-0.25, -0.2) is 0 Å². The number of halogens is 2. The molecule has 0 saturated carbocycles. The molecular formula is C16H16Cl2O2. The molecule has 1 atom stereocenters. The first kappa shape index (κ1) is 15.2. The molecule has 0 spiro atoms. The molecule has 0 aliphatic carbocycles. The van der Waals surface area contributed by atoms with E-state index >= 15 is 0 Å². The van der Waals surface area contributed by atoms with Gasteiger partial charge in [0.25, 0.3) is 0 Å². The minimum Gasteiger partial charge on any atom is -0.494 e. The van der Waals surface area contributed by atoms with Crippen LogP contribution in [0.4, 0.5) is 0 Å². The first-order chi connectivity index (χ1) is 9.61. The number of ether oxygens (including phenoxy) is 1.